The quantitative estimate of drug-likeness (QED) is 0.881. The molecule has 0 radical (unpaired) electrons. The lowest BCUT2D eigenvalue weighted by Gasteiger charge is -2.12. The SMILES string of the molecule is CNCC(O)c1ccc(C2CC2)c(Br)c1. The Hall–Kier alpha value is -0.380. The van der Waals surface area contributed by atoms with Crippen LogP contribution >= 0.6 is 15.9 Å². The highest BCUT2D eigenvalue weighted by Gasteiger charge is 2.25. The lowest BCUT2D eigenvalue weighted by atomic mass is 10.0. The van der Waals surface area contributed by atoms with E-state index in [9.17, 15) is 5.11 Å². The second-order valence-electron chi connectivity index (χ2n) is 4.13. The van der Waals surface area contributed by atoms with Crippen molar-refractivity contribution >= 4 is 15.9 Å². The smallest absolute Gasteiger partial charge is 0.0914 e. The Labute approximate surface area is 98.8 Å². The Morgan fingerprint density at radius 3 is 2.80 bits per heavy atom. The van der Waals surface area contributed by atoms with Crippen LogP contribution in [-0.2, 0) is 0 Å². The summed E-state index contributed by atoms with van der Waals surface area (Å²) in [4.78, 5) is 0. The van der Waals surface area contributed by atoms with Crippen LogP contribution in [0.15, 0.2) is 22.7 Å². The maximum absolute atomic E-state index is 9.81. The maximum atomic E-state index is 9.81. The zero-order chi connectivity index (χ0) is 10.8. The molecule has 2 N–H and O–H groups in total. The van der Waals surface area contributed by atoms with Crippen molar-refractivity contribution in [2.24, 2.45) is 0 Å². The molecule has 0 bridgehead atoms. The molecule has 0 spiro atoms. The molecule has 1 aromatic rings. The average Bonchev–Trinajstić information content (AvgIpc) is 3.01. The first kappa shape index (κ1) is 11.1. The van der Waals surface area contributed by atoms with Gasteiger partial charge in [0.25, 0.3) is 0 Å². The number of aliphatic hydroxyl groups is 1. The van der Waals surface area contributed by atoms with Crippen LogP contribution in [0.2, 0.25) is 0 Å². The van der Waals surface area contributed by atoms with E-state index in [0.29, 0.717) is 6.54 Å². The Morgan fingerprint density at radius 1 is 1.53 bits per heavy atom. The highest BCUT2D eigenvalue weighted by molar-refractivity contribution is 9.10. The lowest BCUT2D eigenvalue weighted by Crippen LogP contribution is -2.16. The van der Waals surface area contributed by atoms with E-state index >= 15 is 0 Å². The molecule has 15 heavy (non-hydrogen) atoms. The molecular formula is C12H16BrNO. The Balaban J connectivity index is 2.16. The standard InChI is InChI=1S/C12H16BrNO/c1-14-7-12(15)9-4-5-10(8-2-3-8)11(13)6-9/h4-6,8,12,14-15H,2-3,7H2,1H3. The van der Waals surface area contributed by atoms with Crippen LogP contribution in [0, 0.1) is 0 Å². The summed E-state index contributed by atoms with van der Waals surface area (Å²) in [6, 6.07) is 6.20. The maximum Gasteiger partial charge on any atom is 0.0914 e. The molecule has 0 amide bonds. The highest BCUT2D eigenvalue weighted by atomic mass is 79.9. The molecule has 1 aliphatic rings. The molecule has 1 aliphatic carbocycles. The van der Waals surface area contributed by atoms with E-state index in [1.807, 2.05) is 19.2 Å². The first-order chi connectivity index (χ1) is 7.22. The zero-order valence-electron chi connectivity index (χ0n) is 8.83. The van der Waals surface area contributed by atoms with Crippen LogP contribution in [0.4, 0.5) is 0 Å². The van der Waals surface area contributed by atoms with Crippen LogP contribution in [0.25, 0.3) is 0 Å². The highest BCUT2D eigenvalue weighted by Crippen LogP contribution is 2.43. The molecule has 0 saturated heterocycles. The van der Waals surface area contributed by atoms with Crippen molar-refractivity contribution in [2.75, 3.05) is 13.6 Å². The van der Waals surface area contributed by atoms with Crippen LogP contribution in [-0.4, -0.2) is 18.7 Å². The number of rotatable bonds is 4. The zero-order valence-corrected chi connectivity index (χ0v) is 10.4. The molecule has 0 aromatic heterocycles. The van der Waals surface area contributed by atoms with Crippen molar-refractivity contribution in [2.45, 2.75) is 24.9 Å². The van der Waals surface area contributed by atoms with Crippen LogP contribution < -0.4 is 5.32 Å². The normalized spacial score (nSPS) is 17.8. The third-order valence-electron chi connectivity index (χ3n) is 2.82. The lowest BCUT2D eigenvalue weighted by molar-refractivity contribution is 0.177. The Morgan fingerprint density at radius 2 is 2.27 bits per heavy atom. The minimum absolute atomic E-state index is 0.417. The summed E-state index contributed by atoms with van der Waals surface area (Å²) >= 11 is 3.58. The molecule has 1 unspecified atom stereocenters. The van der Waals surface area contributed by atoms with Gasteiger partial charge in [-0.15, -0.1) is 0 Å². The van der Waals surface area contributed by atoms with Crippen LogP contribution in [0.1, 0.15) is 36.0 Å². The molecule has 1 aromatic carbocycles. The molecule has 0 heterocycles. The molecule has 1 fully saturated rings. The number of benzene rings is 1. The minimum atomic E-state index is -0.417. The van der Waals surface area contributed by atoms with Crippen molar-refractivity contribution in [3.63, 3.8) is 0 Å². The van der Waals surface area contributed by atoms with Gasteiger partial charge in [-0.1, -0.05) is 28.1 Å². The van der Waals surface area contributed by atoms with Gasteiger partial charge in [0.15, 0.2) is 0 Å². The summed E-state index contributed by atoms with van der Waals surface area (Å²) in [7, 11) is 1.84. The summed E-state index contributed by atoms with van der Waals surface area (Å²) in [5.41, 5.74) is 2.36. The first-order valence-corrected chi connectivity index (χ1v) is 6.13. The third-order valence-corrected chi connectivity index (χ3v) is 3.51. The fourth-order valence-electron chi connectivity index (χ4n) is 1.79. The number of hydrogen-bond donors (Lipinski definition) is 2. The fraction of sp³-hybridized carbons (Fsp3) is 0.500. The van der Waals surface area contributed by atoms with Crippen molar-refractivity contribution in [1.29, 1.82) is 0 Å². The molecule has 3 heteroatoms. The Kier molecular flexibility index (Phi) is 3.44. The summed E-state index contributed by atoms with van der Waals surface area (Å²) in [5, 5.41) is 12.8. The predicted molar refractivity (Wildman–Crippen MR) is 65.0 cm³/mol. The van der Waals surface area contributed by atoms with Crippen molar-refractivity contribution in [3.8, 4) is 0 Å². The van der Waals surface area contributed by atoms with E-state index < -0.39 is 6.10 Å². The second kappa shape index (κ2) is 4.64. The fourth-order valence-corrected chi connectivity index (χ4v) is 2.51. The topological polar surface area (TPSA) is 32.3 Å². The number of aliphatic hydroxyl groups excluding tert-OH is 1. The average molecular weight is 270 g/mol. The molecule has 0 aliphatic heterocycles. The molecule has 2 nitrogen and oxygen atoms in total. The van der Waals surface area contributed by atoms with Gasteiger partial charge >= 0.3 is 0 Å². The van der Waals surface area contributed by atoms with Gasteiger partial charge in [0.1, 0.15) is 0 Å². The van der Waals surface area contributed by atoms with Gasteiger partial charge in [-0.2, -0.15) is 0 Å². The van der Waals surface area contributed by atoms with E-state index in [2.05, 4.69) is 27.3 Å². The summed E-state index contributed by atoms with van der Waals surface area (Å²) < 4.78 is 1.14. The van der Waals surface area contributed by atoms with Gasteiger partial charge in [0, 0.05) is 11.0 Å². The molecular weight excluding hydrogens is 254 g/mol. The first-order valence-electron chi connectivity index (χ1n) is 5.34. The molecule has 1 atom stereocenters. The monoisotopic (exact) mass is 269 g/mol. The number of hydrogen-bond acceptors (Lipinski definition) is 2. The van der Waals surface area contributed by atoms with Gasteiger partial charge in [0.05, 0.1) is 6.10 Å². The van der Waals surface area contributed by atoms with E-state index in [0.717, 1.165) is 16.0 Å². The number of likely N-dealkylation sites (N-methyl/N-ethyl adjacent to an activating group) is 1. The number of halogens is 1. The number of nitrogens with one attached hydrogen (secondary N) is 1. The largest absolute Gasteiger partial charge is 0.387 e. The van der Waals surface area contributed by atoms with Gasteiger partial charge in [-0.25, -0.2) is 0 Å². The van der Waals surface area contributed by atoms with Crippen molar-refractivity contribution < 1.29 is 5.11 Å². The van der Waals surface area contributed by atoms with Gasteiger partial charge in [-0.05, 0) is 43.0 Å². The van der Waals surface area contributed by atoms with E-state index in [1.165, 1.54) is 18.4 Å². The predicted octanol–water partition coefficient (Wildman–Crippen LogP) is 2.58. The van der Waals surface area contributed by atoms with Crippen LogP contribution in [0.5, 0.6) is 0 Å². The van der Waals surface area contributed by atoms with Gasteiger partial charge in [-0.3, -0.25) is 0 Å². The van der Waals surface area contributed by atoms with Crippen molar-refractivity contribution in [1.82, 2.24) is 5.32 Å². The molecule has 1 saturated carbocycles. The third kappa shape index (κ3) is 2.60. The van der Waals surface area contributed by atoms with Gasteiger partial charge in [0.2, 0.25) is 0 Å². The summed E-state index contributed by atoms with van der Waals surface area (Å²) in [6.45, 7) is 0.592. The molecule has 2 rings (SSSR count). The Bertz CT molecular complexity index is 349. The van der Waals surface area contributed by atoms with E-state index in [4.69, 9.17) is 0 Å². The van der Waals surface area contributed by atoms with Crippen molar-refractivity contribution in [3.05, 3.63) is 33.8 Å². The summed E-state index contributed by atoms with van der Waals surface area (Å²) in [6.07, 6.45) is 2.19. The molecule has 82 valence electrons. The van der Waals surface area contributed by atoms with E-state index in [-0.39, 0.29) is 0 Å². The minimum Gasteiger partial charge on any atom is -0.387 e. The second-order valence-corrected chi connectivity index (χ2v) is 4.98. The van der Waals surface area contributed by atoms with E-state index in [1.54, 1.807) is 0 Å². The summed E-state index contributed by atoms with van der Waals surface area (Å²) in [5.74, 6) is 0.745. The van der Waals surface area contributed by atoms with Gasteiger partial charge < -0.3 is 10.4 Å². The van der Waals surface area contributed by atoms with Crippen LogP contribution in [0.3, 0.4) is 0 Å².